The SMILES string of the molecule is CCN(C[C@@H](C)O)C(=O)C(F)(F)F. The summed E-state index contributed by atoms with van der Waals surface area (Å²) in [6, 6.07) is 0. The van der Waals surface area contributed by atoms with Gasteiger partial charge in [0.25, 0.3) is 0 Å². The number of likely N-dealkylation sites (N-methyl/N-ethyl adjacent to an activating group) is 1. The fraction of sp³-hybridized carbons (Fsp3) is 0.857. The molecule has 0 aromatic carbocycles. The molecule has 0 bridgehead atoms. The quantitative estimate of drug-likeness (QED) is 0.729. The van der Waals surface area contributed by atoms with Crippen LogP contribution in [0.15, 0.2) is 0 Å². The summed E-state index contributed by atoms with van der Waals surface area (Å²) in [4.78, 5) is 11.2. The van der Waals surface area contributed by atoms with Gasteiger partial charge in [-0.3, -0.25) is 4.79 Å². The van der Waals surface area contributed by atoms with Crippen molar-refractivity contribution in [3.05, 3.63) is 0 Å². The van der Waals surface area contributed by atoms with Gasteiger partial charge in [-0.15, -0.1) is 0 Å². The van der Waals surface area contributed by atoms with Crippen molar-refractivity contribution in [3.8, 4) is 0 Å². The van der Waals surface area contributed by atoms with Crippen molar-refractivity contribution in [1.29, 1.82) is 0 Å². The summed E-state index contributed by atoms with van der Waals surface area (Å²) in [7, 11) is 0. The zero-order valence-electron chi connectivity index (χ0n) is 7.43. The molecule has 0 saturated carbocycles. The number of hydrogen-bond acceptors (Lipinski definition) is 2. The van der Waals surface area contributed by atoms with E-state index in [-0.39, 0.29) is 13.1 Å². The molecule has 13 heavy (non-hydrogen) atoms. The number of carbonyl (C=O) groups is 1. The van der Waals surface area contributed by atoms with Crippen LogP contribution < -0.4 is 0 Å². The molecule has 0 heterocycles. The molecule has 0 radical (unpaired) electrons. The first-order chi connectivity index (χ1) is 5.79. The Morgan fingerprint density at radius 3 is 2.23 bits per heavy atom. The second-order valence-corrected chi connectivity index (χ2v) is 2.69. The molecule has 0 aliphatic carbocycles. The Bertz CT molecular complexity index is 179. The minimum Gasteiger partial charge on any atom is -0.392 e. The van der Waals surface area contributed by atoms with Crippen molar-refractivity contribution in [2.24, 2.45) is 0 Å². The maximum absolute atomic E-state index is 11.9. The van der Waals surface area contributed by atoms with Crippen molar-refractivity contribution >= 4 is 5.91 Å². The lowest BCUT2D eigenvalue weighted by molar-refractivity contribution is -0.186. The lowest BCUT2D eigenvalue weighted by Gasteiger charge is -2.23. The predicted octanol–water partition coefficient (Wildman–Crippen LogP) is 0.778. The molecule has 1 amide bonds. The van der Waals surface area contributed by atoms with E-state index in [0.717, 1.165) is 0 Å². The molecule has 0 aromatic rings. The molecular weight excluding hydrogens is 187 g/mol. The van der Waals surface area contributed by atoms with E-state index in [1.807, 2.05) is 0 Å². The van der Waals surface area contributed by atoms with Gasteiger partial charge in [0.1, 0.15) is 0 Å². The lowest BCUT2D eigenvalue weighted by atomic mass is 10.3. The van der Waals surface area contributed by atoms with E-state index >= 15 is 0 Å². The van der Waals surface area contributed by atoms with Crippen LogP contribution in [0.2, 0.25) is 0 Å². The first-order valence-electron chi connectivity index (χ1n) is 3.83. The molecular formula is C7H12F3NO2. The third-order valence-electron chi connectivity index (χ3n) is 1.40. The van der Waals surface area contributed by atoms with Crippen molar-refractivity contribution in [1.82, 2.24) is 4.90 Å². The number of hydrogen-bond donors (Lipinski definition) is 1. The van der Waals surface area contributed by atoms with E-state index in [0.29, 0.717) is 4.90 Å². The molecule has 1 N–H and O–H groups in total. The van der Waals surface area contributed by atoms with Gasteiger partial charge in [-0.1, -0.05) is 0 Å². The zero-order valence-corrected chi connectivity index (χ0v) is 7.43. The second kappa shape index (κ2) is 4.45. The summed E-state index contributed by atoms with van der Waals surface area (Å²) in [6.07, 6.45) is -5.81. The molecule has 1 atom stereocenters. The fourth-order valence-corrected chi connectivity index (χ4v) is 0.854. The lowest BCUT2D eigenvalue weighted by Crippen LogP contribution is -2.44. The number of carbonyl (C=O) groups excluding carboxylic acids is 1. The highest BCUT2D eigenvalue weighted by Gasteiger charge is 2.42. The number of halogens is 3. The van der Waals surface area contributed by atoms with Gasteiger partial charge >= 0.3 is 12.1 Å². The number of amides is 1. The Hall–Kier alpha value is -0.780. The summed E-state index contributed by atoms with van der Waals surface area (Å²) in [5.74, 6) is -1.91. The number of aliphatic hydroxyl groups excluding tert-OH is 1. The van der Waals surface area contributed by atoms with Gasteiger partial charge in [0, 0.05) is 13.1 Å². The smallest absolute Gasteiger partial charge is 0.392 e. The van der Waals surface area contributed by atoms with Crippen LogP contribution >= 0.6 is 0 Å². The minimum absolute atomic E-state index is 0.0662. The van der Waals surface area contributed by atoms with Gasteiger partial charge < -0.3 is 10.0 Å². The van der Waals surface area contributed by atoms with Crippen LogP contribution in [0.25, 0.3) is 0 Å². The van der Waals surface area contributed by atoms with Gasteiger partial charge in [-0.05, 0) is 13.8 Å². The predicted molar refractivity (Wildman–Crippen MR) is 40.0 cm³/mol. The van der Waals surface area contributed by atoms with E-state index in [1.165, 1.54) is 13.8 Å². The molecule has 0 aromatic heterocycles. The maximum atomic E-state index is 11.9. The second-order valence-electron chi connectivity index (χ2n) is 2.69. The van der Waals surface area contributed by atoms with E-state index in [4.69, 9.17) is 5.11 Å². The van der Waals surface area contributed by atoms with Crippen LogP contribution in [-0.4, -0.2) is 41.3 Å². The van der Waals surface area contributed by atoms with Crippen LogP contribution in [0.5, 0.6) is 0 Å². The molecule has 0 unspecified atom stereocenters. The van der Waals surface area contributed by atoms with E-state index in [1.54, 1.807) is 0 Å². The highest BCUT2D eigenvalue weighted by Crippen LogP contribution is 2.18. The summed E-state index contributed by atoms with van der Waals surface area (Å²) in [6.45, 7) is 2.39. The Morgan fingerprint density at radius 1 is 1.54 bits per heavy atom. The standard InChI is InChI=1S/C7H12F3NO2/c1-3-11(4-5(2)12)6(13)7(8,9)10/h5,12H,3-4H2,1-2H3/t5-/m1/s1. The Balaban J connectivity index is 4.33. The van der Waals surface area contributed by atoms with E-state index < -0.39 is 18.2 Å². The van der Waals surface area contributed by atoms with E-state index in [9.17, 15) is 18.0 Å². The van der Waals surface area contributed by atoms with Crippen LogP contribution in [0.3, 0.4) is 0 Å². The normalized spacial score (nSPS) is 14.0. The van der Waals surface area contributed by atoms with E-state index in [2.05, 4.69) is 0 Å². The van der Waals surface area contributed by atoms with Gasteiger partial charge in [-0.2, -0.15) is 13.2 Å². The number of alkyl halides is 3. The average molecular weight is 199 g/mol. The molecule has 6 heteroatoms. The fourth-order valence-electron chi connectivity index (χ4n) is 0.854. The molecule has 78 valence electrons. The molecule has 3 nitrogen and oxygen atoms in total. The van der Waals surface area contributed by atoms with Gasteiger partial charge in [0.05, 0.1) is 6.10 Å². The molecule has 0 saturated heterocycles. The summed E-state index contributed by atoms with van der Waals surface area (Å²) in [5, 5.41) is 8.81. The average Bonchev–Trinajstić information content (AvgIpc) is 1.96. The summed E-state index contributed by atoms with van der Waals surface area (Å²) < 4.78 is 35.6. The minimum atomic E-state index is -4.86. The van der Waals surface area contributed by atoms with Gasteiger partial charge in [0.15, 0.2) is 0 Å². The monoisotopic (exact) mass is 199 g/mol. The van der Waals surface area contributed by atoms with Crippen LogP contribution in [0, 0.1) is 0 Å². The maximum Gasteiger partial charge on any atom is 0.471 e. The molecule has 0 fully saturated rings. The van der Waals surface area contributed by atoms with Crippen LogP contribution in [0.1, 0.15) is 13.8 Å². The van der Waals surface area contributed by atoms with Crippen molar-refractivity contribution < 1.29 is 23.1 Å². The third-order valence-corrected chi connectivity index (χ3v) is 1.40. The number of aliphatic hydroxyl groups is 1. The van der Waals surface area contributed by atoms with Crippen molar-refractivity contribution in [2.45, 2.75) is 26.1 Å². The van der Waals surface area contributed by atoms with Crippen molar-refractivity contribution in [3.63, 3.8) is 0 Å². The highest BCUT2D eigenvalue weighted by molar-refractivity contribution is 5.81. The topological polar surface area (TPSA) is 40.5 Å². The molecule has 0 rings (SSSR count). The van der Waals surface area contributed by atoms with Crippen molar-refractivity contribution in [2.75, 3.05) is 13.1 Å². The van der Waals surface area contributed by atoms with Gasteiger partial charge in [-0.25, -0.2) is 0 Å². The molecule has 0 aliphatic rings. The summed E-state index contributed by atoms with van der Waals surface area (Å²) >= 11 is 0. The number of rotatable bonds is 3. The van der Waals surface area contributed by atoms with Crippen LogP contribution in [-0.2, 0) is 4.79 Å². The highest BCUT2D eigenvalue weighted by atomic mass is 19.4. The molecule has 0 aliphatic heterocycles. The Kier molecular flexibility index (Phi) is 4.19. The number of nitrogens with zero attached hydrogens (tertiary/aromatic N) is 1. The molecule has 0 spiro atoms. The first-order valence-corrected chi connectivity index (χ1v) is 3.83. The third kappa shape index (κ3) is 4.12. The largest absolute Gasteiger partial charge is 0.471 e. The Labute approximate surface area is 74.1 Å². The first kappa shape index (κ1) is 12.2. The van der Waals surface area contributed by atoms with Gasteiger partial charge in [0.2, 0.25) is 0 Å². The zero-order chi connectivity index (χ0) is 10.6. The summed E-state index contributed by atoms with van der Waals surface area (Å²) in [5.41, 5.74) is 0. The Morgan fingerprint density at radius 2 is 2.00 bits per heavy atom. The van der Waals surface area contributed by atoms with Crippen LogP contribution in [0.4, 0.5) is 13.2 Å².